The molecule has 0 aromatic heterocycles. The molecule has 7 heteroatoms. The van der Waals surface area contributed by atoms with Crippen LogP contribution in [0.4, 0.5) is 9.18 Å². The molecule has 1 amide bonds. The molecule has 0 aliphatic carbocycles. The first-order chi connectivity index (χ1) is 9.67. The molecular formula is C14H23FN2O4. The number of nitrogens with zero attached hydrogens (tertiary/aromatic N) is 2. The van der Waals surface area contributed by atoms with Crippen LogP contribution in [-0.4, -0.2) is 70.5 Å². The van der Waals surface area contributed by atoms with Crippen LogP contribution >= 0.6 is 0 Å². The van der Waals surface area contributed by atoms with E-state index >= 15 is 0 Å². The van der Waals surface area contributed by atoms with Gasteiger partial charge in [-0.1, -0.05) is 0 Å². The van der Waals surface area contributed by atoms with Gasteiger partial charge in [-0.3, -0.25) is 9.69 Å². The van der Waals surface area contributed by atoms with E-state index in [2.05, 4.69) is 0 Å². The van der Waals surface area contributed by atoms with Crippen molar-refractivity contribution in [1.82, 2.24) is 9.80 Å². The monoisotopic (exact) mass is 302 g/mol. The van der Waals surface area contributed by atoms with Gasteiger partial charge in [0.15, 0.2) is 0 Å². The predicted molar refractivity (Wildman–Crippen MR) is 73.9 cm³/mol. The van der Waals surface area contributed by atoms with Crippen LogP contribution in [0.2, 0.25) is 0 Å². The van der Waals surface area contributed by atoms with Crippen LogP contribution in [0.25, 0.3) is 0 Å². The third-order valence-corrected chi connectivity index (χ3v) is 3.86. The van der Waals surface area contributed by atoms with Crippen molar-refractivity contribution < 1.29 is 23.8 Å². The van der Waals surface area contributed by atoms with Crippen molar-refractivity contribution in [3.63, 3.8) is 0 Å². The molecule has 6 nitrogen and oxygen atoms in total. The van der Waals surface area contributed by atoms with E-state index in [4.69, 9.17) is 4.74 Å². The number of halogens is 1. The van der Waals surface area contributed by atoms with Gasteiger partial charge in [-0.05, 0) is 27.2 Å². The minimum atomic E-state index is -1.11. The fourth-order valence-electron chi connectivity index (χ4n) is 2.96. The highest BCUT2D eigenvalue weighted by atomic mass is 19.1. The van der Waals surface area contributed by atoms with Gasteiger partial charge in [0.25, 0.3) is 0 Å². The molecule has 2 saturated heterocycles. The highest BCUT2D eigenvalue weighted by Gasteiger charge is 2.43. The first-order valence-electron chi connectivity index (χ1n) is 7.28. The fraction of sp³-hybridized carbons (Fsp3) is 0.857. The Morgan fingerprint density at radius 1 is 1.29 bits per heavy atom. The van der Waals surface area contributed by atoms with E-state index < -0.39 is 29.9 Å². The molecule has 3 atom stereocenters. The van der Waals surface area contributed by atoms with Crippen molar-refractivity contribution in [2.24, 2.45) is 0 Å². The summed E-state index contributed by atoms with van der Waals surface area (Å²) in [6, 6.07) is -0.900. The summed E-state index contributed by atoms with van der Waals surface area (Å²) in [6.45, 7) is 6.43. The van der Waals surface area contributed by atoms with Gasteiger partial charge in [-0.25, -0.2) is 9.18 Å². The molecule has 0 spiro atoms. The van der Waals surface area contributed by atoms with Gasteiger partial charge < -0.3 is 14.7 Å². The Balaban J connectivity index is 1.96. The molecule has 2 rings (SSSR count). The summed E-state index contributed by atoms with van der Waals surface area (Å²) in [5.74, 6) is -0.995. The molecule has 0 bridgehead atoms. The second-order valence-corrected chi connectivity index (χ2v) is 6.75. The number of hydrogen-bond acceptors (Lipinski definition) is 4. The first kappa shape index (κ1) is 16.0. The summed E-state index contributed by atoms with van der Waals surface area (Å²) in [4.78, 5) is 26.4. The molecule has 2 aliphatic heterocycles. The second-order valence-electron chi connectivity index (χ2n) is 6.75. The lowest BCUT2D eigenvalue weighted by Gasteiger charge is -2.28. The molecule has 0 aromatic rings. The molecule has 0 radical (unpaired) electrons. The molecule has 2 aliphatic rings. The number of alkyl halides is 1. The Morgan fingerprint density at radius 3 is 2.52 bits per heavy atom. The molecule has 120 valence electrons. The van der Waals surface area contributed by atoms with Crippen LogP contribution in [0.3, 0.4) is 0 Å². The Labute approximate surface area is 123 Å². The number of carboxylic acid groups (broad SMARTS) is 1. The molecule has 1 N–H and O–H groups in total. The summed E-state index contributed by atoms with van der Waals surface area (Å²) in [6.07, 6.45) is -0.830. The number of carbonyl (C=O) groups excluding carboxylic acids is 1. The lowest BCUT2D eigenvalue weighted by atomic mass is 10.1. The Kier molecular flexibility index (Phi) is 4.41. The fourth-order valence-corrected chi connectivity index (χ4v) is 2.96. The molecule has 2 fully saturated rings. The van der Waals surface area contributed by atoms with Crippen LogP contribution in [-0.2, 0) is 9.53 Å². The third-order valence-electron chi connectivity index (χ3n) is 3.86. The van der Waals surface area contributed by atoms with Crippen LogP contribution in [0.1, 0.15) is 33.6 Å². The van der Waals surface area contributed by atoms with Crippen LogP contribution in [0.15, 0.2) is 0 Å². The lowest BCUT2D eigenvalue weighted by molar-refractivity contribution is -0.142. The Bertz CT molecular complexity index is 424. The van der Waals surface area contributed by atoms with E-state index in [1.54, 1.807) is 30.6 Å². The van der Waals surface area contributed by atoms with Gasteiger partial charge in [0, 0.05) is 32.1 Å². The first-order valence-corrected chi connectivity index (χ1v) is 7.28. The average Bonchev–Trinajstić information content (AvgIpc) is 2.92. The van der Waals surface area contributed by atoms with Gasteiger partial charge in [0.1, 0.15) is 17.8 Å². The maximum Gasteiger partial charge on any atom is 0.410 e. The highest BCUT2D eigenvalue weighted by Crippen LogP contribution is 2.28. The number of rotatable bonds is 2. The molecule has 0 saturated carbocycles. The zero-order valence-electron chi connectivity index (χ0n) is 12.7. The van der Waals surface area contributed by atoms with Gasteiger partial charge in [0.2, 0.25) is 0 Å². The number of likely N-dealkylation sites (tertiary alicyclic amines) is 2. The summed E-state index contributed by atoms with van der Waals surface area (Å²) >= 11 is 0. The standard InChI is InChI=1S/C14H23FN2O4/c1-14(2,3)21-13(20)16-5-4-10(8-16)17-7-9(15)6-11(17)12(18)19/h9-11H,4-8H2,1-3H3,(H,18,19)/t9-,10?,11?/m0/s1. The van der Waals surface area contributed by atoms with Crippen LogP contribution < -0.4 is 0 Å². The van der Waals surface area contributed by atoms with Crippen molar-refractivity contribution >= 4 is 12.1 Å². The van der Waals surface area contributed by atoms with E-state index in [0.717, 1.165) is 0 Å². The van der Waals surface area contributed by atoms with Crippen molar-refractivity contribution in [3.05, 3.63) is 0 Å². The minimum Gasteiger partial charge on any atom is -0.480 e. The van der Waals surface area contributed by atoms with E-state index in [-0.39, 0.29) is 19.0 Å². The number of ether oxygens (including phenoxy) is 1. The smallest absolute Gasteiger partial charge is 0.410 e. The lowest BCUT2D eigenvalue weighted by Crippen LogP contribution is -2.45. The summed E-state index contributed by atoms with van der Waals surface area (Å²) in [7, 11) is 0. The molecular weight excluding hydrogens is 279 g/mol. The van der Waals surface area contributed by atoms with Crippen molar-refractivity contribution in [1.29, 1.82) is 0 Å². The third kappa shape index (κ3) is 3.84. The van der Waals surface area contributed by atoms with E-state index in [0.29, 0.717) is 19.5 Å². The van der Waals surface area contributed by atoms with Crippen LogP contribution in [0.5, 0.6) is 0 Å². The molecule has 21 heavy (non-hydrogen) atoms. The van der Waals surface area contributed by atoms with Crippen molar-refractivity contribution in [2.45, 2.75) is 57.5 Å². The van der Waals surface area contributed by atoms with Gasteiger partial charge in [-0.2, -0.15) is 0 Å². The van der Waals surface area contributed by atoms with E-state index in [9.17, 15) is 19.1 Å². The van der Waals surface area contributed by atoms with E-state index in [1.165, 1.54) is 0 Å². The Hall–Kier alpha value is -1.37. The van der Waals surface area contributed by atoms with E-state index in [1.807, 2.05) is 0 Å². The van der Waals surface area contributed by atoms with Crippen LogP contribution in [0, 0.1) is 0 Å². The predicted octanol–water partition coefficient (Wildman–Crippen LogP) is 1.49. The quantitative estimate of drug-likeness (QED) is 0.837. The summed E-state index contributed by atoms with van der Waals surface area (Å²) in [5.41, 5.74) is -0.559. The number of hydrogen-bond donors (Lipinski definition) is 1. The van der Waals surface area contributed by atoms with Gasteiger partial charge in [-0.15, -0.1) is 0 Å². The number of carbonyl (C=O) groups is 2. The van der Waals surface area contributed by atoms with Crippen molar-refractivity contribution in [2.75, 3.05) is 19.6 Å². The number of carboxylic acids is 1. The molecule has 0 aromatic carbocycles. The second kappa shape index (κ2) is 5.79. The van der Waals surface area contributed by atoms with Crippen molar-refractivity contribution in [3.8, 4) is 0 Å². The SMILES string of the molecule is CC(C)(C)OC(=O)N1CCC(N2C[C@@H](F)CC2C(=O)O)C1. The number of aliphatic carboxylic acids is 1. The largest absolute Gasteiger partial charge is 0.480 e. The normalized spacial score (nSPS) is 30.7. The topological polar surface area (TPSA) is 70.1 Å². The van der Waals surface area contributed by atoms with Gasteiger partial charge in [0.05, 0.1) is 0 Å². The number of amides is 1. The molecule has 2 unspecified atom stereocenters. The highest BCUT2D eigenvalue weighted by molar-refractivity contribution is 5.74. The zero-order valence-corrected chi connectivity index (χ0v) is 12.7. The Morgan fingerprint density at radius 2 is 1.95 bits per heavy atom. The van der Waals surface area contributed by atoms with Gasteiger partial charge >= 0.3 is 12.1 Å². The average molecular weight is 302 g/mol. The molecule has 2 heterocycles. The summed E-state index contributed by atoms with van der Waals surface area (Å²) < 4.78 is 18.8. The zero-order chi connectivity index (χ0) is 15.8. The maximum atomic E-state index is 13.5. The summed E-state index contributed by atoms with van der Waals surface area (Å²) in [5, 5.41) is 9.18. The minimum absolute atomic E-state index is 0.0261. The maximum absolute atomic E-state index is 13.5.